The lowest BCUT2D eigenvalue weighted by Gasteiger charge is -2.28. The topological polar surface area (TPSA) is 12.5 Å². The van der Waals surface area contributed by atoms with E-state index in [1.807, 2.05) is 0 Å². The van der Waals surface area contributed by atoms with Crippen molar-refractivity contribution >= 4 is 0 Å². The van der Waals surface area contributed by atoms with E-state index in [1.165, 1.54) is 22.3 Å². The van der Waals surface area contributed by atoms with Crippen molar-refractivity contribution in [2.45, 2.75) is 32.1 Å². The van der Waals surface area contributed by atoms with Gasteiger partial charge in [-0.1, -0.05) is 48.5 Å². The molecule has 0 amide bonds. The van der Waals surface area contributed by atoms with Crippen molar-refractivity contribution < 1.29 is 4.74 Å². The molecular weight excluding hydrogens is 258 g/mol. The molecule has 1 fully saturated rings. The second-order valence-corrected chi connectivity index (χ2v) is 6.28. The molecule has 0 radical (unpaired) electrons. The van der Waals surface area contributed by atoms with Crippen LogP contribution in [0.3, 0.4) is 0 Å². The summed E-state index contributed by atoms with van der Waals surface area (Å²) in [5, 5.41) is 0. The van der Waals surface area contributed by atoms with Crippen LogP contribution in [0.5, 0.6) is 0 Å². The van der Waals surface area contributed by atoms with Gasteiger partial charge in [0.1, 0.15) is 0 Å². The molecule has 0 saturated carbocycles. The van der Waals surface area contributed by atoms with Crippen LogP contribution in [0.4, 0.5) is 0 Å². The predicted molar refractivity (Wildman–Crippen MR) is 84.2 cm³/mol. The Morgan fingerprint density at radius 1 is 1.05 bits per heavy atom. The van der Waals surface area contributed by atoms with Gasteiger partial charge in [-0.25, -0.2) is 0 Å². The van der Waals surface area contributed by atoms with E-state index in [2.05, 4.69) is 60.4 Å². The molecule has 0 spiro atoms. The Morgan fingerprint density at radius 2 is 1.90 bits per heavy atom. The summed E-state index contributed by atoms with van der Waals surface area (Å²) in [5.41, 5.74) is 5.69. The molecule has 0 unspecified atom stereocenters. The first-order valence-electron chi connectivity index (χ1n) is 7.77. The van der Waals surface area contributed by atoms with E-state index in [-0.39, 0.29) is 0 Å². The summed E-state index contributed by atoms with van der Waals surface area (Å²) in [4.78, 5) is 2.53. The predicted octanol–water partition coefficient (Wildman–Crippen LogP) is 3.49. The summed E-state index contributed by atoms with van der Waals surface area (Å²) < 4.78 is 6.14. The zero-order valence-electron chi connectivity index (χ0n) is 12.5. The highest BCUT2D eigenvalue weighted by atomic mass is 16.5. The number of nitrogens with zero attached hydrogens (tertiary/aromatic N) is 1. The first-order chi connectivity index (χ1) is 10.3. The fraction of sp³-hybridized carbons (Fsp3) is 0.368. The Hall–Kier alpha value is -1.64. The van der Waals surface area contributed by atoms with Crippen LogP contribution in [0.15, 0.2) is 48.5 Å². The average molecular weight is 279 g/mol. The van der Waals surface area contributed by atoms with Crippen LogP contribution in [-0.2, 0) is 17.9 Å². The molecule has 2 heterocycles. The van der Waals surface area contributed by atoms with Crippen LogP contribution in [0.2, 0.25) is 0 Å². The van der Waals surface area contributed by atoms with Crippen LogP contribution in [-0.4, -0.2) is 24.1 Å². The quantitative estimate of drug-likeness (QED) is 0.834. The van der Waals surface area contributed by atoms with Crippen LogP contribution >= 0.6 is 0 Å². The number of ether oxygens (including phenoxy) is 1. The molecule has 1 saturated heterocycles. The van der Waals surface area contributed by atoms with Crippen LogP contribution in [0.1, 0.15) is 28.2 Å². The van der Waals surface area contributed by atoms with Gasteiger partial charge in [-0.3, -0.25) is 4.90 Å². The Kier molecular flexibility index (Phi) is 3.28. The third-order valence-corrected chi connectivity index (χ3v) is 4.88. The van der Waals surface area contributed by atoms with E-state index in [9.17, 15) is 0 Å². The molecule has 2 nitrogen and oxygen atoms in total. The highest BCUT2D eigenvalue weighted by Crippen LogP contribution is 2.38. The first-order valence-corrected chi connectivity index (χ1v) is 7.77. The molecule has 2 heteroatoms. The average Bonchev–Trinajstić information content (AvgIpc) is 2.91. The number of likely N-dealkylation sites (tertiary alicyclic amines) is 1. The molecule has 21 heavy (non-hydrogen) atoms. The summed E-state index contributed by atoms with van der Waals surface area (Å²) in [5.74, 6) is 0.539. The minimum atomic E-state index is 0.364. The van der Waals surface area contributed by atoms with E-state index in [0.29, 0.717) is 12.0 Å². The fourth-order valence-electron chi connectivity index (χ4n) is 3.75. The summed E-state index contributed by atoms with van der Waals surface area (Å²) in [6.07, 6.45) is 0.364. The van der Waals surface area contributed by atoms with Crippen LogP contribution in [0.25, 0.3) is 0 Å². The maximum atomic E-state index is 6.14. The molecule has 2 aromatic carbocycles. The maximum Gasteiger partial charge on any atom is 0.0787 e. The Labute approximate surface area is 126 Å². The molecular formula is C19H21NO. The second-order valence-electron chi connectivity index (χ2n) is 6.28. The minimum Gasteiger partial charge on any atom is -0.371 e. The van der Waals surface area contributed by atoms with Gasteiger partial charge in [-0.15, -0.1) is 0 Å². The summed E-state index contributed by atoms with van der Waals surface area (Å²) in [7, 11) is 0. The second kappa shape index (κ2) is 5.28. The largest absolute Gasteiger partial charge is 0.371 e. The van der Waals surface area contributed by atoms with E-state index >= 15 is 0 Å². The number of aryl methyl sites for hydroxylation is 1. The fourth-order valence-corrected chi connectivity index (χ4v) is 3.75. The lowest BCUT2D eigenvalue weighted by atomic mass is 9.87. The van der Waals surface area contributed by atoms with E-state index < -0.39 is 0 Å². The lowest BCUT2D eigenvalue weighted by molar-refractivity contribution is 0.0246. The zero-order valence-corrected chi connectivity index (χ0v) is 12.5. The van der Waals surface area contributed by atoms with Gasteiger partial charge in [-0.05, 0) is 29.2 Å². The van der Waals surface area contributed by atoms with Gasteiger partial charge in [0.25, 0.3) is 0 Å². The van der Waals surface area contributed by atoms with Gasteiger partial charge < -0.3 is 4.74 Å². The summed E-state index contributed by atoms with van der Waals surface area (Å²) in [6.45, 7) is 6.16. The molecule has 2 aliphatic heterocycles. The SMILES string of the molecule is Cc1cccc2c1CO[C@H]1CN(Cc3ccccc3)C[C@@H]21. The molecule has 0 aliphatic carbocycles. The van der Waals surface area contributed by atoms with Gasteiger partial charge in [0, 0.05) is 25.6 Å². The molecule has 2 aliphatic rings. The lowest BCUT2D eigenvalue weighted by Crippen LogP contribution is -2.27. The smallest absolute Gasteiger partial charge is 0.0787 e. The molecule has 108 valence electrons. The Morgan fingerprint density at radius 3 is 2.76 bits per heavy atom. The van der Waals surface area contributed by atoms with Crippen molar-refractivity contribution in [2.75, 3.05) is 13.1 Å². The van der Waals surface area contributed by atoms with Crippen molar-refractivity contribution in [3.63, 3.8) is 0 Å². The van der Waals surface area contributed by atoms with Crippen molar-refractivity contribution in [3.05, 3.63) is 70.8 Å². The molecule has 0 aromatic heterocycles. The van der Waals surface area contributed by atoms with Crippen LogP contribution < -0.4 is 0 Å². The Bertz CT molecular complexity index is 637. The summed E-state index contributed by atoms with van der Waals surface area (Å²) >= 11 is 0. The molecule has 0 N–H and O–H groups in total. The number of rotatable bonds is 2. The number of hydrogen-bond donors (Lipinski definition) is 0. The normalized spacial score (nSPS) is 24.6. The van der Waals surface area contributed by atoms with Gasteiger partial charge in [0.15, 0.2) is 0 Å². The first kappa shape index (κ1) is 13.1. The third-order valence-electron chi connectivity index (χ3n) is 4.88. The third kappa shape index (κ3) is 2.39. The van der Waals surface area contributed by atoms with E-state index in [1.54, 1.807) is 0 Å². The van der Waals surface area contributed by atoms with Gasteiger partial charge in [0.05, 0.1) is 12.7 Å². The number of hydrogen-bond acceptors (Lipinski definition) is 2. The zero-order chi connectivity index (χ0) is 14.2. The highest BCUT2D eigenvalue weighted by molar-refractivity contribution is 5.39. The minimum absolute atomic E-state index is 0.364. The highest BCUT2D eigenvalue weighted by Gasteiger charge is 2.38. The van der Waals surface area contributed by atoms with Gasteiger partial charge >= 0.3 is 0 Å². The van der Waals surface area contributed by atoms with Gasteiger partial charge in [0.2, 0.25) is 0 Å². The standard InChI is InChI=1S/C19H21NO/c1-14-6-5-9-16-17-11-20(10-15-7-3-2-4-8-15)12-19(17)21-13-18(14)16/h2-9,17,19H,10-13H2,1H3/t17-,19-/m0/s1. The van der Waals surface area contributed by atoms with Crippen molar-refractivity contribution in [1.82, 2.24) is 4.90 Å². The van der Waals surface area contributed by atoms with E-state index in [4.69, 9.17) is 4.74 Å². The molecule has 2 atom stereocenters. The molecule has 0 bridgehead atoms. The number of benzene rings is 2. The van der Waals surface area contributed by atoms with Crippen LogP contribution in [0, 0.1) is 6.92 Å². The van der Waals surface area contributed by atoms with E-state index in [0.717, 1.165) is 26.2 Å². The van der Waals surface area contributed by atoms with Crippen molar-refractivity contribution in [3.8, 4) is 0 Å². The Balaban J connectivity index is 1.55. The monoisotopic (exact) mass is 279 g/mol. The van der Waals surface area contributed by atoms with Crippen molar-refractivity contribution in [1.29, 1.82) is 0 Å². The molecule has 4 rings (SSSR count). The number of fused-ring (bicyclic) bond motifs is 3. The van der Waals surface area contributed by atoms with Crippen molar-refractivity contribution in [2.24, 2.45) is 0 Å². The maximum absolute atomic E-state index is 6.14. The summed E-state index contributed by atoms with van der Waals surface area (Å²) in [6, 6.07) is 17.4. The van der Waals surface area contributed by atoms with Gasteiger partial charge in [-0.2, -0.15) is 0 Å². The molecule has 2 aromatic rings.